The minimum atomic E-state index is -0.338. The number of H-pyrrole nitrogens is 1. The van der Waals surface area contributed by atoms with E-state index in [1.807, 2.05) is 33.0 Å². The number of aliphatic hydroxyl groups excluding tert-OH is 1. The Morgan fingerprint density at radius 3 is 2.56 bits per heavy atom. The van der Waals surface area contributed by atoms with E-state index >= 15 is 0 Å². The normalized spacial score (nSPS) is 21.3. The van der Waals surface area contributed by atoms with Crippen LogP contribution in [0.4, 0.5) is 0 Å². The first-order valence-electron chi connectivity index (χ1n) is 8.76. The number of rotatable bonds is 2. The van der Waals surface area contributed by atoms with Gasteiger partial charge >= 0.3 is 0 Å². The van der Waals surface area contributed by atoms with E-state index in [1.54, 1.807) is 24.0 Å². The molecule has 1 aliphatic heterocycles. The summed E-state index contributed by atoms with van der Waals surface area (Å²) in [6.45, 7) is 10.7. The molecule has 1 fully saturated rings. The van der Waals surface area contributed by atoms with E-state index in [1.165, 1.54) is 6.42 Å². The van der Waals surface area contributed by atoms with Crippen LogP contribution in [0, 0.1) is 4.64 Å². The van der Waals surface area contributed by atoms with Crippen molar-refractivity contribution < 1.29 is 14.6 Å². The van der Waals surface area contributed by atoms with Crippen LogP contribution in [0.15, 0.2) is 17.8 Å². The summed E-state index contributed by atoms with van der Waals surface area (Å²) in [6.07, 6.45) is 3.52. The van der Waals surface area contributed by atoms with Gasteiger partial charge in [-0.1, -0.05) is 46.3 Å². The summed E-state index contributed by atoms with van der Waals surface area (Å²) in [7, 11) is 1.61. The summed E-state index contributed by atoms with van der Waals surface area (Å²) in [4.78, 5) is 7.06. The number of hydrogen-bond acceptors (Lipinski definition) is 6. The monoisotopic (exact) mass is 388 g/mol. The lowest BCUT2D eigenvalue weighted by Crippen LogP contribution is -2.25. The second-order valence-electron chi connectivity index (χ2n) is 5.32. The van der Waals surface area contributed by atoms with Crippen molar-refractivity contribution in [3.8, 4) is 0 Å². The van der Waals surface area contributed by atoms with E-state index in [-0.39, 0.29) is 18.3 Å². The van der Waals surface area contributed by atoms with Gasteiger partial charge in [-0.05, 0) is 13.0 Å². The molecule has 2 N–H and O–H groups in total. The standard InChI is InChI=1S/C7H14O3.C6H4N2S2.C3H8.C2H6/c1-5-3-6(8)7(10-5)4-9-2;9-6-5-4(1-2-7-6)8-3-10-5;1-3-2;1-2/h5-8H,3-4H2,1-2H3;1-3H,(H,7,9);3H2,1-2H3;1-2H3/t5-,6?,7-;;;/m1.../s1. The van der Waals surface area contributed by atoms with Gasteiger partial charge in [-0.2, -0.15) is 0 Å². The van der Waals surface area contributed by atoms with Gasteiger partial charge in [0.25, 0.3) is 0 Å². The predicted octanol–water partition coefficient (Wildman–Crippen LogP) is 4.97. The van der Waals surface area contributed by atoms with Crippen LogP contribution in [0.3, 0.4) is 0 Å². The number of nitrogens with one attached hydrogen (secondary N) is 1. The molecule has 3 rings (SSSR count). The largest absolute Gasteiger partial charge is 0.390 e. The van der Waals surface area contributed by atoms with Gasteiger partial charge in [-0.15, -0.1) is 11.3 Å². The third kappa shape index (κ3) is 8.87. The Balaban J connectivity index is 0.000000368. The first kappa shape index (κ1) is 24.1. The van der Waals surface area contributed by atoms with E-state index < -0.39 is 0 Å². The van der Waals surface area contributed by atoms with Gasteiger partial charge in [-0.25, -0.2) is 4.98 Å². The molecule has 3 heterocycles. The van der Waals surface area contributed by atoms with E-state index in [0.717, 1.165) is 21.3 Å². The first-order valence-corrected chi connectivity index (χ1v) is 10.1. The zero-order chi connectivity index (χ0) is 19.2. The highest BCUT2D eigenvalue weighted by molar-refractivity contribution is 7.71. The average Bonchev–Trinajstić information content (AvgIpc) is 3.19. The van der Waals surface area contributed by atoms with Crippen LogP contribution in [-0.4, -0.2) is 47.1 Å². The molecule has 0 amide bonds. The van der Waals surface area contributed by atoms with Crippen LogP contribution >= 0.6 is 23.6 Å². The second-order valence-corrected chi connectivity index (χ2v) is 6.59. The first-order chi connectivity index (χ1) is 12.0. The molecule has 0 aliphatic carbocycles. The number of aromatic nitrogens is 2. The average molecular weight is 389 g/mol. The zero-order valence-corrected chi connectivity index (χ0v) is 17.7. The third-order valence-corrected chi connectivity index (χ3v) is 4.31. The van der Waals surface area contributed by atoms with Gasteiger partial charge in [0.1, 0.15) is 10.7 Å². The van der Waals surface area contributed by atoms with Crippen LogP contribution in [0.25, 0.3) is 10.2 Å². The number of methoxy groups -OCH3 is 1. The topological polar surface area (TPSA) is 67.4 Å². The van der Waals surface area contributed by atoms with Gasteiger partial charge in [-0.3, -0.25) is 0 Å². The number of aromatic amines is 1. The molecule has 0 aromatic carbocycles. The predicted molar refractivity (Wildman–Crippen MR) is 109 cm³/mol. The van der Waals surface area contributed by atoms with Crippen LogP contribution in [0.2, 0.25) is 0 Å². The highest BCUT2D eigenvalue weighted by Gasteiger charge is 2.30. The third-order valence-electron chi connectivity index (χ3n) is 3.00. The zero-order valence-electron chi connectivity index (χ0n) is 16.1. The molecule has 1 unspecified atom stereocenters. The highest BCUT2D eigenvalue weighted by atomic mass is 32.1. The highest BCUT2D eigenvalue weighted by Crippen LogP contribution is 2.19. The van der Waals surface area contributed by atoms with Gasteiger partial charge in [0.15, 0.2) is 0 Å². The van der Waals surface area contributed by atoms with Crippen LogP contribution in [0.5, 0.6) is 0 Å². The number of hydrogen-bond donors (Lipinski definition) is 2. The fourth-order valence-corrected chi connectivity index (χ4v) is 3.05. The minimum absolute atomic E-state index is 0.111. The van der Waals surface area contributed by atoms with E-state index in [2.05, 4.69) is 23.8 Å². The number of nitrogens with zero attached hydrogens (tertiary/aromatic N) is 1. The maximum atomic E-state index is 9.29. The Kier molecular flexibility index (Phi) is 13.8. The molecular weight excluding hydrogens is 356 g/mol. The Hall–Kier alpha value is -0.860. The van der Waals surface area contributed by atoms with E-state index in [4.69, 9.17) is 21.7 Å². The summed E-state index contributed by atoms with van der Waals surface area (Å²) >= 11 is 6.59. The van der Waals surface area contributed by atoms with Gasteiger partial charge < -0.3 is 19.6 Å². The molecule has 2 aromatic heterocycles. The van der Waals surface area contributed by atoms with Crippen molar-refractivity contribution in [3.05, 3.63) is 22.4 Å². The number of aliphatic hydroxyl groups is 1. The summed E-state index contributed by atoms with van der Waals surface area (Å²) in [5.41, 5.74) is 2.78. The smallest absolute Gasteiger partial charge is 0.122 e. The van der Waals surface area contributed by atoms with Crippen molar-refractivity contribution in [1.82, 2.24) is 9.97 Å². The van der Waals surface area contributed by atoms with Crippen molar-refractivity contribution in [2.45, 2.75) is 65.8 Å². The lowest BCUT2D eigenvalue weighted by molar-refractivity contribution is -0.0288. The molecule has 144 valence electrons. The lowest BCUT2D eigenvalue weighted by atomic mass is 10.1. The van der Waals surface area contributed by atoms with E-state index in [0.29, 0.717) is 6.61 Å². The number of fused-ring (bicyclic) bond motifs is 1. The maximum Gasteiger partial charge on any atom is 0.122 e. The minimum Gasteiger partial charge on any atom is -0.390 e. The van der Waals surface area contributed by atoms with Crippen molar-refractivity contribution in [2.75, 3.05) is 13.7 Å². The molecule has 3 atom stereocenters. The maximum absolute atomic E-state index is 9.29. The molecule has 1 aliphatic rings. The summed E-state index contributed by atoms with van der Waals surface area (Å²) in [5, 5.41) is 9.29. The summed E-state index contributed by atoms with van der Waals surface area (Å²) in [6, 6.07) is 1.92. The van der Waals surface area contributed by atoms with Crippen molar-refractivity contribution in [3.63, 3.8) is 0 Å². The molecule has 1 saturated heterocycles. The number of pyridine rings is 1. The lowest BCUT2D eigenvalue weighted by Gasteiger charge is -2.11. The molecular formula is C18H32N2O3S2. The number of ether oxygens (including phenoxy) is 2. The van der Waals surface area contributed by atoms with Crippen LogP contribution < -0.4 is 0 Å². The fourth-order valence-electron chi connectivity index (χ4n) is 2.06. The van der Waals surface area contributed by atoms with Crippen molar-refractivity contribution in [2.24, 2.45) is 0 Å². The molecule has 0 saturated carbocycles. The van der Waals surface area contributed by atoms with Crippen molar-refractivity contribution in [1.29, 1.82) is 0 Å². The fraction of sp³-hybridized carbons (Fsp3) is 0.667. The molecule has 0 radical (unpaired) electrons. The van der Waals surface area contributed by atoms with Crippen LogP contribution in [0.1, 0.15) is 47.5 Å². The molecule has 25 heavy (non-hydrogen) atoms. The molecule has 5 nitrogen and oxygen atoms in total. The Morgan fingerprint density at radius 2 is 2.08 bits per heavy atom. The number of thiazole rings is 1. The molecule has 7 heteroatoms. The summed E-state index contributed by atoms with van der Waals surface area (Å²) < 4.78 is 12.0. The molecule has 2 aromatic rings. The van der Waals surface area contributed by atoms with E-state index in [9.17, 15) is 5.11 Å². The van der Waals surface area contributed by atoms with Crippen LogP contribution in [-0.2, 0) is 9.47 Å². The quantitative estimate of drug-likeness (QED) is 0.711. The SMILES string of the molecule is CC.CCC.COC[C@H]1O[C@H](C)CC1O.S=c1[nH]ccc2ncsc12. The molecule has 0 bridgehead atoms. The Bertz CT molecular complexity index is 615. The second kappa shape index (κ2) is 14.3. The summed E-state index contributed by atoms with van der Waals surface area (Å²) in [5.74, 6) is 0. The Morgan fingerprint density at radius 1 is 1.44 bits per heavy atom. The van der Waals surface area contributed by atoms with Gasteiger partial charge in [0, 0.05) is 19.7 Å². The molecule has 0 spiro atoms. The van der Waals surface area contributed by atoms with Gasteiger partial charge in [0.05, 0.1) is 34.5 Å². The van der Waals surface area contributed by atoms with Gasteiger partial charge in [0.2, 0.25) is 0 Å². The Labute approximate surface area is 160 Å². The van der Waals surface area contributed by atoms with Crippen molar-refractivity contribution >= 4 is 33.8 Å².